The largest absolute Gasteiger partial charge is 0.480 e. The van der Waals surface area contributed by atoms with Crippen LogP contribution in [0.5, 0.6) is 5.88 Å². The van der Waals surface area contributed by atoms with E-state index in [2.05, 4.69) is 9.97 Å². The predicted molar refractivity (Wildman–Crippen MR) is 62.7 cm³/mol. The van der Waals surface area contributed by atoms with Crippen LogP contribution in [0.3, 0.4) is 0 Å². The molecule has 5 nitrogen and oxygen atoms in total. The number of ether oxygens (including phenoxy) is 1. The van der Waals surface area contributed by atoms with Gasteiger partial charge in [-0.25, -0.2) is 4.98 Å². The first-order valence-corrected chi connectivity index (χ1v) is 5.09. The number of rotatable bonds is 1. The highest BCUT2D eigenvalue weighted by atomic mass is 16.5. The van der Waals surface area contributed by atoms with Crippen molar-refractivity contribution < 1.29 is 4.74 Å². The predicted octanol–water partition coefficient (Wildman–Crippen LogP) is 1.36. The van der Waals surface area contributed by atoms with Gasteiger partial charge in [0.05, 0.1) is 13.3 Å². The average molecular weight is 221 g/mol. The van der Waals surface area contributed by atoms with Gasteiger partial charge in [-0.2, -0.15) is 4.98 Å². The fraction of sp³-hybridized carbons (Fsp3) is 0.364. The molecule has 0 spiro atoms. The molecule has 0 saturated heterocycles. The van der Waals surface area contributed by atoms with Gasteiger partial charge in [-0.1, -0.05) is 13.8 Å². The van der Waals surface area contributed by atoms with Crippen LogP contribution >= 0.6 is 0 Å². The molecule has 0 atom stereocenters. The quantitative estimate of drug-likeness (QED) is 0.729. The molecule has 0 saturated carbocycles. The summed E-state index contributed by atoms with van der Waals surface area (Å²) in [6.45, 7) is 4.00. The van der Waals surface area contributed by atoms with E-state index < -0.39 is 0 Å². The van der Waals surface area contributed by atoms with Crippen molar-refractivity contribution in [2.75, 3.05) is 7.11 Å². The summed E-state index contributed by atoms with van der Waals surface area (Å²) in [5, 5.41) is 0. The minimum absolute atomic E-state index is 0.111. The molecule has 0 aliphatic heterocycles. The fourth-order valence-electron chi connectivity index (χ4n) is 1.20. The summed E-state index contributed by atoms with van der Waals surface area (Å²) in [6.07, 6.45) is 1.52. The van der Waals surface area contributed by atoms with Crippen molar-refractivity contribution >= 4 is 11.2 Å². The topological polar surface area (TPSA) is 57.0 Å². The molecule has 2 rings (SSSR count). The molecule has 2 heterocycles. The molecule has 0 radical (unpaired) electrons. The third-order valence-electron chi connectivity index (χ3n) is 2.00. The Kier molecular flexibility index (Phi) is 3.99. The van der Waals surface area contributed by atoms with Crippen LogP contribution in [0.2, 0.25) is 0 Å². The molecule has 0 amide bonds. The van der Waals surface area contributed by atoms with Gasteiger partial charge in [0.2, 0.25) is 5.88 Å². The van der Waals surface area contributed by atoms with Crippen LogP contribution in [0.25, 0.3) is 11.2 Å². The number of methoxy groups -OCH3 is 1. The number of nitrogens with zero attached hydrogens (tertiary/aromatic N) is 3. The maximum absolute atomic E-state index is 11.3. The Morgan fingerprint density at radius 1 is 1.31 bits per heavy atom. The average Bonchev–Trinajstić information content (AvgIpc) is 2.36. The number of hydrogen-bond donors (Lipinski definition) is 0. The second kappa shape index (κ2) is 5.25. The van der Waals surface area contributed by atoms with E-state index in [0.29, 0.717) is 17.0 Å². The first-order valence-electron chi connectivity index (χ1n) is 5.09. The molecule has 0 N–H and O–H groups in total. The van der Waals surface area contributed by atoms with Crippen LogP contribution in [0.1, 0.15) is 13.8 Å². The van der Waals surface area contributed by atoms with E-state index in [0.717, 1.165) is 0 Å². The zero-order valence-electron chi connectivity index (χ0n) is 9.89. The van der Waals surface area contributed by atoms with Crippen LogP contribution < -0.4 is 10.3 Å². The second-order valence-electron chi connectivity index (χ2n) is 2.85. The van der Waals surface area contributed by atoms with Crippen LogP contribution in [0.15, 0.2) is 23.1 Å². The fourth-order valence-corrected chi connectivity index (χ4v) is 1.20. The van der Waals surface area contributed by atoms with Crippen LogP contribution in [0, 0.1) is 0 Å². The van der Waals surface area contributed by atoms with E-state index in [9.17, 15) is 4.79 Å². The lowest BCUT2D eigenvalue weighted by Crippen LogP contribution is -2.16. The van der Waals surface area contributed by atoms with Crippen molar-refractivity contribution in [3.63, 3.8) is 0 Å². The van der Waals surface area contributed by atoms with Crippen LogP contribution in [-0.4, -0.2) is 21.6 Å². The minimum Gasteiger partial charge on any atom is -0.480 e. The molecular weight excluding hydrogens is 206 g/mol. The van der Waals surface area contributed by atoms with E-state index in [1.54, 1.807) is 13.1 Å². The molecule has 5 heteroatoms. The molecule has 0 aromatic carbocycles. The molecule has 2 aromatic heterocycles. The Labute approximate surface area is 93.7 Å². The van der Waals surface area contributed by atoms with Crippen molar-refractivity contribution in [2.45, 2.75) is 13.8 Å². The van der Waals surface area contributed by atoms with Crippen molar-refractivity contribution in [2.24, 2.45) is 7.05 Å². The van der Waals surface area contributed by atoms with Crippen LogP contribution in [-0.2, 0) is 7.05 Å². The van der Waals surface area contributed by atoms with Crippen LogP contribution in [0.4, 0.5) is 0 Å². The van der Waals surface area contributed by atoms with Gasteiger partial charge in [0, 0.05) is 13.1 Å². The standard InChI is InChI=1S/C9H9N3O2.C2H6/c1-12-8(13)4-3-6-9(12)11-7(14-2)5-10-6;1-2/h3-5H,1-2H3;1-2H3. The van der Waals surface area contributed by atoms with Gasteiger partial charge in [-0.05, 0) is 6.07 Å². The van der Waals surface area contributed by atoms with Gasteiger partial charge in [0.15, 0.2) is 5.65 Å². The molecule has 16 heavy (non-hydrogen) atoms. The highest BCUT2D eigenvalue weighted by Crippen LogP contribution is 2.10. The van der Waals surface area contributed by atoms with E-state index in [-0.39, 0.29) is 5.56 Å². The van der Waals surface area contributed by atoms with E-state index in [1.165, 1.54) is 23.9 Å². The number of aromatic nitrogens is 3. The summed E-state index contributed by atoms with van der Waals surface area (Å²) in [5.41, 5.74) is 1.09. The Hall–Kier alpha value is -1.91. The number of pyridine rings is 1. The third-order valence-corrected chi connectivity index (χ3v) is 2.00. The van der Waals surface area contributed by atoms with Gasteiger partial charge < -0.3 is 4.74 Å². The highest BCUT2D eigenvalue weighted by molar-refractivity contribution is 5.69. The molecule has 86 valence electrons. The Bertz CT molecular complexity index is 534. The smallest absolute Gasteiger partial charge is 0.252 e. The number of aryl methyl sites for hydroxylation is 1. The lowest BCUT2D eigenvalue weighted by Gasteiger charge is -2.03. The molecular formula is C11H15N3O2. The van der Waals surface area contributed by atoms with Crippen molar-refractivity contribution in [3.05, 3.63) is 28.7 Å². The number of hydrogen-bond acceptors (Lipinski definition) is 4. The van der Waals surface area contributed by atoms with Gasteiger partial charge in [0.25, 0.3) is 5.56 Å². The first-order chi connectivity index (χ1) is 7.72. The summed E-state index contributed by atoms with van der Waals surface area (Å²) in [4.78, 5) is 19.5. The summed E-state index contributed by atoms with van der Waals surface area (Å²) >= 11 is 0. The SMILES string of the molecule is CC.COc1cnc2ccc(=O)n(C)c2n1. The van der Waals surface area contributed by atoms with E-state index in [1.807, 2.05) is 13.8 Å². The monoisotopic (exact) mass is 221 g/mol. The lowest BCUT2D eigenvalue weighted by molar-refractivity contribution is 0.397. The van der Waals surface area contributed by atoms with Gasteiger partial charge >= 0.3 is 0 Å². The zero-order valence-corrected chi connectivity index (χ0v) is 9.89. The number of fused-ring (bicyclic) bond motifs is 1. The Morgan fingerprint density at radius 3 is 2.62 bits per heavy atom. The lowest BCUT2D eigenvalue weighted by atomic mass is 10.4. The minimum atomic E-state index is -0.111. The molecule has 0 fully saturated rings. The summed E-state index contributed by atoms with van der Waals surface area (Å²) < 4.78 is 6.36. The molecule has 0 unspecified atom stereocenters. The second-order valence-corrected chi connectivity index (χ2v) is 2.85. The maximum Gasteiger partial charge on any atom is 0.252 e. The Balaban J connectivity index is 0.000000606. The molecule has 0 aliphatic rings. The first kappa shape index (κ1) is 12.2. The normalized spacial score (nSPS) is 9.50. The van der Waals surface area contributed by atoms with Crippen molar-refractivity contribution in [1.82, 2.24) is 14.5 Å². The summed E-state index contributed by atoms with van der Waals surface area (Å²) in [5.74, 6) is 0.402. The highest BCUT2D eigenvalue weighted by Gasteiger charge is 2.03. The van der Waals surface area contributed by atoms with Crippen molar-refractivity contribution in [3.8, 4) is 5.88 Å². The molecule has 2 aromatic rings. The summed E-state index contributed by atoms with van der Waals surface area (Å²) in [7, 11) is 3.16. The van der Waals surface area contributed by atoms with Gasteiger partial charge in [-0.15, -0.1) is 0 Å². The molecule has 0 bridgehead atoms. The summed E-state index contributed by atoms with van der Waals surface area (Å²) in [6, 6.07) is 3.10. The zero-order chi connectivity index (χ0) is 12.1. The maximum atomic E-state index is 11.3. The molecule has 0 aliphatic carbocycles. The van der Waals surface area contributed by atoms with E-state index in [4.69, 9.17) is 4.74 Å². The van der Waals surface area contributed by atoms with E-state index >= 15 is 0 Å². The third kappa shape index (κ3) is 2.18. The van der Waals surface area contributed by atoms with Gasteiger partial charge in [-0.3, -0.25) is 9.36 Å². The van der Waals surface area contributed by atoms with Crippen molar-refractivity contribution in [1.29, 1.82) is 0 Å². The van der Waals surface area contributed by atoms with Gasteiger partial charge in [0.1, 0.15) is 5.52 Å². The Morgan fingerprint density at radius 2 is 2.00 bits per heavy atom.